The van der Waals surface area contributed by atoms with Crippen LogP contribution in [0.15, 0.2) is 17.4 Å². The Morgan fingerprint density at radius 2 is 2.17 bits per heavy atom. The Kier molecular flexibility index (Phi) is 12.1. The molecule has 1 rings (SSSR count). The monoisotopic (exact) mass is 438 g/mol. The molecule has 1 aromatic rings. The molecule has 1 atom stereocenters. The minimum Gasteiger partial charge on any atom is -0.385 e. The van der Waals surface area contributed by atoms with Crippen LogP contribution in [0.4, 0.5) is 0 Å². The van der Waals surface area contributed by atoms with E-state index < -0.39 is 0 Å². The van der Waals surface area contributed by atoms with Crippen LogP contribution in [-0.4, -0.2) is 68.1 Å². The average molecular weight is 438 g/mol. The van der Waals surface area contributed by atoms with Gasteiger partial charge >= 0.3 is 0 Å². The maximum atomic E-state index is 5.06. The molecular weight excluding hydrogens is 407 g/mol. The predicted molar refractivity (Wildman–Crippen MR) is 106 cm³/mol. The van der Waals surface area contributed by atoms with Crippen molar-refractivity contribution >= 4 is 29.9 Å². The Bertz CT molecular complexity index is 449. The second kappa shape index (κ2) is 12.5. The lowest BCUT2D eigenvalue weighted by atomic mass is 10.1. The standard InChI is InChI=1S/C15H30N6O.HI/c1-6-16-15(17-8-7-9-22-5)18-11-14(20(2)3)13-10-19-21(4)12-13;/h10,12,14H,6-9,11H2,1-5H3,(H2,16,17,18);1H. The number of hydrogen-bond acceptors (Lipinski definition) is 4. The van der Waals surface area contributed by atoms with Gasteiger partial charge in [-0.2, -0.15) is 5.10 Å². The maximum Gasteiger partial charge on any atom is 0.191 e. The van der Waals surface area contributed by atoms with Crippen LogP contribution in [-0.2, 0) is 11.8 Å². The second-order valence-corrected chi connectivity index (χ2v) is 5.42. The van der Waals surface area contributed by atoms with E-state index in [0.717, 1.165) is 32.1 Å². The number of aliphatic imine (C=N–C) groups is 1. The summed E-state index contributed by atoms with van der Waals surface area (Å²) in [6.45, 7) is 5.19. The molecule has 0 amide bonds. The van der Waals surface area contributed by atoms with E-state index in [1.165, 1.54) is 5.56 Å². The molecule has 0 saturated carbocycles. The number of nitrogens with one attached hydrogen (secondary N) is 2. The van der Waals surface area contributed by atoms with Gasteiger partial charge in [0.05, 0.1) is 18.8 Å². The van der Waals surface area contributed by atoms with Gasteiger partial charge in [0.1, 0.15) is 0 Å². The normalized spacial score (nSPS) is 12.9. The van der Waals surface area contributed by atoms with Gasteiger partial charge in [-0.25, -0.2) is 0 Å². The maximum absolute atomic E-state index is 5.06. The van der Waals surface area contributed by atoms with Crippen molar-refractivity contribution in [1.29, 1.82) is 0 Å². The second-order valence-electron chi connectivity index (χ2n) is 5.42. The number of methoxy groups -OCH3 is 1. The first kappa shape index (κ1) is 22.1. The first-order chi connectivity index (χ1) is 10.6. The zero-order valence-corrected chi connectivity index (χ0v) is 17.2. The smallest absolute Gasteiger partial charge is 0.191 e. The van der Waals surface area contributed by atoms with E-state index in [2.05, 4.69) is 41.7 Å². The Morgan fingerprint density at radius 3 is 2.70 bits per heavy atom. The van der Waals surface area contributed by atoms with Crippen molar-refractivity contribution in [2.75, 3.05) is 47.4 Å². The summed E-state index contributed by atoms with van der Waals surface area (Å²) in [5.74, 6) is 0.842. The highest BCUT2D eigenvalue weighted by Crippen LogP contribution is 2.17. The van der Waals surface area contributed by atoms with E-state index in [4.69, 9.17) is 9.73 Å². The Hall–Kier alpha value is -0.870. The summed E-state index contributed by atoms with van der Waals surface area (Å²) in [5.41, 5.74) is 1.17. The molecule has 0 aliphatic carbocycles. The van der Waals surface area contributed by atoms with Crippen molar-refractivity contribution in [1.82, 2.24) is 25.3 Å². The van der Waals surface area contributed by atoms with Gasteiger partial charge in [0.2, 0.25) is 0 Å². The minimum absolute atomic E-state index is 0. The van der Waals surface area contributed by atoms with Crippen molar-refractivity contribution in [3.8, 4) is 0 Å². The molecule has 0 saturated heterocycles. The van der Waals surface area contributed by atoms with Gasteiger partial charge in [0.15, 0.2) is 5.96 Å². The number of aryl methyl sites for hydroxylation is 1. The van der Waals surface area contributed by atoms with Crippen LogP contribution in [0, 0.1) is 0 Å². The van der Waals surface area contributed by atoms with Crippen molar-refractivity contribution in [2.24, 2.45) is 12.0 Å². The number of likely N-dealkylation sites (N-methyl/N-ethyl adjacent to an activating group) is 1. The summed E-state index contributed by atoms with van der Waals surface area (Å²) >= 11 is 0. The lowest BCUT2D eigenvalue weighted by Crippen LogP contribution is -2.38. The average Bonchev–Trinajstić information content (AvgIpc) is 2.89. The minimum atomic E-state index is 0. The third-order valence-electron chi connectivity index (χ3n) is 3.32. The lowest BCUT2D eigenvalue weighted by molar-refractivity contribution is 0.195. The number of hydrogen-bond donors (Lipinski definition) is 2. The van der Waals surface area contributed by atoms with Gasteiger partial charge in [-0.05, 0) is 27.4 Å². The third kappa shape index (κ3) is 8.52. The molecule has 0 fully saturated rings. The van der Waals surface area contributed by atoms with Crippen LogP contribution in [0.5, 0.6) is 0 Å². The molecule has 0 aliphatic rings. The molecule has 1 heterocycles. The van der Waals surface area contributed by atoms with E-state index in [-0.39, 0.29) is 30.0 Å². The van der Waals surface area contributed by atoms with Gasteiger partial charge in [-0.15, -0.1) is 24.0 Å². The van der Waals surface area contributed by atoms with Crippen molar-refractivity contribution in [3.63, 3.8) is 0 Å². The van der Waals surface area contributed by atoms with Crippen LogP contribution in [0.1, 0.15) is 24.9 Å². The SMILES string of the molecule is CCNC(=NCC(c1cnn(C)c1)N(C)C)NCCCOC.I. The van der Waals surface area contributed by atoms with E-state index in [0.29, 0.717) is 6.54 Å². The highest BCUT2D eigenvalue weighted by Gasteiger charge is 2.15. The van der Waals surface area contributed by atoms with Crippen molar-refractivity contribution in [3.05, 3.63) is 18.0 Å². The Morgan fingerprint density at radius 1 is 1.43 bits per heavy atom. The van der Waals surface area contributed by atoms with Gasteiger partial charge in [0.25, 0.3) is 0 Å². The van der Waals surface area contributed by atoms with E-state index in [1.54, 1.807) is 7.11 Å². The van der Waals surface area contributed by atoms with Gasteiger partial charge in [-0.3, -0.25) is 9.67 Å². The molecule has 0 bridgehead atoms. The number of aromatic nitrogens is 2. The van der Waals surface area contributed by atoms with Crippen LogP contribution >= 0.6 is 24.0 Å². The molecule has 0 spiro atoms. The van der Waals surface area contributed by atoms with Crippen molar-refractivity contribution < 1.29 is 4.74 Å². The largest absolute Gasteiger partial charge is 0.385 e. The van der Waals surface area contributed by atoms with E-state index in [9.17, 15) is 0 Å². The number of nitrogens with zero attached hydrogens (tertiary/aromatic N) is 4. The third-order valence-corrected chi connectivity index (χ3v) is 3.32. The zero-order valence-electron chi connectivity index (χ0n) is 14.9. The molecule has 1 unspecified atom stereocenters. The molecule has 8 heteroatoms. The van der Waals surface area contributed by atoms with Crippen molar-refractivity contribution in [2.45, 2.75) is 19.4 Å². The molecule has 23 heavy (non-hydrogen) atoms. The molecule has 134 valence electrons. The quantitative estimate of drug-likeness (QED) is 0.263. The van der Waals surface area contributed by atoms with E-state index in [1.807, 2.05) is 24.1 Å². The number of rotatable bonds is 9. The number of ether oxygens (including phenoxy) is 1. The number of halogens is 1. The predicted octanol–water partition coefficient (Wildman–Crippen LogP) is 1.23. The number of guanidine groups is 1. The van der Waals surface area contributed by atoms with Crippen LogP contribution in [0.2, 0.25) is 0 Å². The fraction of sp³-hybridized carbons (Fsp3) is 0.733. The zero-order chi connectivity index (χ0) is 16.4. The summed E-state index contributed by atoms with van der Waals surface area (Å²) in [5, 5.41) is 10.8. The molecule has 0 aliphatic heterocycles. The summed E-state index contributed by atoms with van der Waals surface area (Å²) in [4.78, 5) is 6.85. The van der Waals surface area contributed by atoms with E-state index >= 15 is 0 Å². The fourth-order valence-corrected chi connectivity index (χ4v) is 2.12. The lowest BCUT2D eigenvalue weighted by Gasteiger charge is -2.22. The summed E-state index contributed by atoms with van der Waals surface area (Å²) in [6.07, 6.45) is 4.90. The molecule has 2 N–H and O–H groups in total. The Balaban J connectivity index is 0.00000484. The molecular formula is C15H31IN6O. The highest BCUT2D eigenvalue weighted by atomic mass is 127. The first-order valence-electron chi connectivity index (χ1n) is 7.74. The van der Waals surface area contributed by atoms with Crippen LogP contribution < -0.4 is 10.6 Å². The summed E-state index contributed by atoms with van der Waals surface area (Å²) in [7, 11) is 7.77. The van der Waals surface area contributed by atoms with Gasteiger partial charge in [-0.1, -0.05) is 0 Å². The summed E-state index contributed by atoms with van der Waals surface area (Å²) in [6, 6.07) is 0.211. The van der Waals surface area contributed by atoms with Crippen LogP contribution in [0.25, 0.3) is 0 Å². The van der Waals surface area contributed by atoms with Gasteiger partial charge < -0.3 is 20.3 Å². The molecule has 0 radical (unpaired) electrons. The highest BCUT2D eigenvalue weighted by molar-refractivity contribution is 14.0. The van der Waals surface area contributed by atoms with Gasteiger partial charge in [0, 0.05) is 45.6 Å². The molecule has 0 aromatic carbocycles. The summed E-state index contributed by atoms with van der Waals surface area (Å²) < 4.78 is 6.88. The Labute approximate surface area is 156 Å². The first-order valence-corrected chi connectivity index (χ1v) is 7.74. The molecule has 1 aromatic heterocycles. The topological polar surface area (TPSA) is 66.7 Å². The molecule has 7 nitrogen and oxygen atoms in total. The fourth-order valence-electron chi connectivity index (χ4n) is 2.12. The van der Waals surface area contributed by atoms with Crippen LogP contribution in [0.3, 0.4) is 0 Å².